The second-order valence-electron chi connectivity index (χ2n) is 8.03. The second-order valence-corrected chi connectivity index (χ2v) is 8.03. The number of carbonyl (C=O) groups is 1. The molecule has 0 unspecified atom stereocenters. The summed E-state index contributed by atoms with van der Waals surface area (Å²) in [6, 6.07) is 4.18. The number of rotatable bonds is 3. The fourth-order valence-corrected chi connectivity index (χ4v) is 4.72. The average molecular weight is 343 g/mol. The molecule has 1 aromatic rings. The molecule has 1 amide bonds. The lowest BCUT2D eigenvalue weighted by atomic mass is 9.77. The number of hydrogen-bond acceptors (Lipinski definition) is 4. The molecule has 4 heterocycles. The minimum absolute atomic E-state index is 0.202. The van der Waals surface area contributed by atoms with E-state index in [0.717, 1.165) is 58.5 Å². The largest absolute Gasteiger partial charge is 0.381 e. The van der Waals surface area contributed by atoms with Crippen molar-refractivity contribution in [3.63, 3.8) is 0 Å². The maximum absolute atomic E-state index is 12.7. The van der Waals surface area contributed by atoms with Crippen LogP contribution in [-0.4, -0.2) is 60.1 Å². The number of ether oxygens (including phenoxy) is 1. The second kappa shape index (κ2) is 7.42. The Labute approximate surface area is 150 Å². The van der Waals surface area contributed by atoms with E-state index in [0.29, 0.717) is 11.3 Å². The van der Waals surface area contributed by atoms with Gasteiger partial charge in [-0.3, -0.25) is 14.7 Å². The van der Waals surface area contributed by atoms with Crippen molar-refractivity contribution in [2.24, 2.45) is 11.3 Å². The minimum atomic E-state index is 0.202. The zero-order chi connectivity index (χ0) is 17.1. The maximum atomic E-state index is 12.7. The summed E-state index contributed by atoms with van der Waals surface area (Å²) in [4.78, 5) is 21.6. The molecule has 1 spiro atoms. The molecule has 3 aliphatic heterocycles. The molecule has 0 atom stereocenters. The van der Waals surface area contributed by atoms with Gasteiger partial charge in [0.05, 0.1) is 0 Å². The Hall–Kier alpha value is -1.46. The predicted octanol–water partition coefficient (Wildman–Crippen LogP) is 2.32. The molecule has 3 fully saturated rings. The highest BCUT2D eigenvalue weighted by atomic mass is 16.5. The molecule has 5 heteroatoms. The summed E-state index contributed by atoms with van der Waals surface area (Å²) >= 11 is 0. The third-order valence-corrected chi connectivity index (χ3v) is 6.35. The lowest BCUT2D eigenvalue weighted by Crippen LogP contribution is -2.47. The van der Waals surface area contributed by atoms with E-state index in [2.05, 4.69) is 20.9 Å². The number of amides is 1. The lowest BCUT2D eigenvalue weighted by molar-refractivity contribution is -0.140. The first-order valence-corrected chi connectivity index (χ1v) is 9.72. The quantitative estimate of drug-likeness (QED) is 0.845. The van der Waals surface area contributed by atoms with Crippen molar-refractivity contribution in [1.29, 1.82) is 0 Å². The minimum Gasteiger partial charge on any atom is -0.381 e. The van der Waals surface area contributed by atoms with E-state index in [1.54, 1.807) is 0 Å². The van der Waals surface area contributed by atoms with Crippen LogP contribution >= 0.6 is 0 Å². The van der Waals surface area contributed by atoms with Crippen LogP contribution in [0.4, 0.5) is 0 Å². The summed E-state index contributed by atoms with van der Waals surface area (Å²) < 4.78 is 5.39. The third-order valence-electron chi connectivity index (χ3n) is 6.35. The molecule has 1 aromatic heterocycles. The molecule has 136 valence electrons. The van der Waals surface area contributed by atoms with E-state index in [1.165, 1.54) is 25.1 Å². The number of hydrogen-bond donors (Lipinski definition) is 0. The van der Waals surface area contributed by atoms with Gasteiger partial charge in [-0.05, 0) is 55.7 Å². The number of carbonyl (C=O) groups excluding carboxylic acids is 1. The van der Waals surface area contributed by atoms with Crippen molar-refractivity contribution in [2.75, 3.05) is 39.4 Å². The molecule has 3 aliphatic rings. The van der Waals surface area contributed by atoms with Crippen LogP contribution in [-0.2, 0) is 16.1 Å². The highest BCUT2D eigenvalue weighted by Gasteiger charge is 2.42. The molecular formula is C20H29N3O2. The standard InChI is InChI=1S/C20H29N3O2/c24-19(18-3-12-25-13-4-18)23-10-6-20(7-11-23)5-9-22(16-20)15-17-2-1-8-21-14-17/h1-2,8,14,18H,3-7,9-13,15-16H2. The van der Waals surface area contributed by atoms with Crippen molar-refractivity contribution in [3.8, 4) is 0 Å². The fourth-order valence-electron chi connectivity index (χ4n) is 4.72. The molecule has 4 rings (SSSR count). The van der Waals surface area contributed by atoms with Crippen molar-refractivity contribution in [1.82, 2.24) is 14.8 Å². The van der Waals surface area contributed by atoms with Crippen LogP contribution in [0, 0.1) is 11.3 Å². The number of pyridine rings is 1. The van der Waals surface area contributed by atoms with Crippen LogP contribution in [0.5, 0.6) is 0 Å². The normalized spacial score (nSPS) is 24.7. The third kappa shape index (κ3) is 3.87. The Balaban J connectivity index is 1.29. The van der Waals surface area contributed by atoms with Crippen LogP contribution in [0.25, 0.3) is 0 Å². The van der Waals surface area contributed by atoms with Gasteiger partial charge in [-0.15, -0.1) is 0 Å². The Morgan fingerprint density at radius 2 is 1.96 bits per heavy atom. The summed E-state index contributed by atoms with van der Waals surface area (Å²) in [6.45, 7) is 6.72. The van der Waals surface area contributed by atoms with Gasteiger partial charge in [-0.2, -0.15) is 0 Å². The molecule has 0 saturated carbocycles. The number of nitrogens with zero attached hydrogens (tertiary/aromatic N) is 3. The summed E-state index contributed by atoms with van der Waals surface area (Å²) in [5.41, 5.74) is 1.72. The topological polar surface area (TPSA) is 45.7 Å². The monoisotopic (exact) mass is 343 g/mol. The van der Waals surface area contributed by atoms with E-state index in [9.17, 15) is 4.79 Å². The van der Waals surface area contributed by atoms with Crippen LogP contribution in [0.2, 0.25) is 0 Å². The molecule has 3 saturated heterocycles. The van der Waals surface area contributed by atoms with E-state index >= 15 is 0 Å². The molecule has 0 aromatic carbocycles. The first kappa shape index (κ1) is 17.0. The SMILES string of the molecule is O=C(C1CCOCC1)N1CCC2(CCN(Cc3cccnc3)C2)CC1. The van der Waals surface area contributed by atoms with Crippen molar-refractivity contribution in [2.45, 2.75) is 38.6 Å². The summed E-state index contributed by atoms with van der Waals surface area (Å²) in [6.07, 6.45) is 9.20. The van der Waals surface area contributed by atoms with E-state index in [1.807, 2.05) is 18.5 Å². The van der Waals surface area contributed by atoms with Gasteiger partial charge in [-0.1, -0.05) is 6.07 Å². The van der Waals surface area contributed by atoms with Gasteiger partial charge in [0.25, 0.3) is 0 Å². The smallest absolute Gasteiger partial charge is 0.225 e. The fraction of sp³-hybridized carbons (Fsp3) is 0.700. The lowest BCUT2D eigenvalue weighted by Gasteiger charge is -2.41. The van der Waals surface area contributed by atoms with Crippen molar-refractivity contribution in [3.05, 3.63) is 30.1 Å². The summed E-state index contributed by atoms with van der Waals surface area (Å²) in [5, 5.41) is 0. The Kier molecular flexibility index (Phi) is 5.04. The van der Waals surface area contributed by atoms with Gasteiger partial charge >= 0.3 is 0 Å². The zero-order valence-electron chi connectivity index (χ0n) is 15.0. The van der Waals surface area contributed by atoms with Crippen molar-refractivity contribution < 1.29 is 9.53 Å². The number of piperidine rings is 1. The molecular weight excluding hydrogens is 314 g/mol. The van der Waals surface area contributed by atoms with E-state index in [4.69, 9.17) is 4.74 Å². The van der Waals surface area contributed by atoms with E-state index < -0.39 is 0 Å². The summed E-state index contributed by atoms with van der Waals surface area (Å²) in [5.74, 6) is 0.580. The molecule has 0 N–H and O–H groups in total. The first-order chi connectivity index (χ1) is 12.2. The number of likely N-dealkylation sites (tertiary alicyclic amines) is 2. The van der Waals surface area contributed by atoms with Crippen LogP contribution in [0.3, 0.4) is 0 Å². The Bertz CT molecular complexity index is 578. The number of aromatic nitrogens is 1. The van der Waals surface area contributed by atoms with Crippen LogP contribution in [0.15, 0.2) is 24.5 Å². The van der Waals surface area contributed by atoms with Gasteiger partial charge < -0.3 is 9.64 Å². The molecule has 0 aliphatic carbocycles. The molecule has 5 nitrogen and oxygen atoms in total. The van der Waals surface area contributed by atoms with Crippen LogP contribution < -0.4 is 0 Å². The molecule has 25 heavy (non-hydrogen) atoms. The van der Waals surface area contributed by atoms with Crippen LogP contribution in [0.1, 0.15) is 37.7 Å². The zero-order valence-corrected chi connectivity index (χ0v) is 15.0. The predicted molar refractivity (Wildman–Crippen MR) is 95.9 cm³/mol. The highest BCUT2D eigenvalue weighted by Crippen LogP contribution is 2.41. The van der Waals surface area contributed by atoms with Crippen molar-refractivity contribution >= 4 is 5.91 Å². The van der Waals surface area contributed by atoms with Gasteiger partial charge in [0.1, 0.15) is 0 Å². The first-order valence-electron chi connectivity index (χ1n) is 9.72. The van der Waals surface area contributed by atoms with E-state index in [-0.39, 0.29) is 5.92 Å². The molecule has 0 bridgehead atoms. The van der Waals surface area contributed by atoms with Gasteiger partial charge in [0.2, 0.25) is 5.91 Å². The Morgan fingerprint density at radius 1 is 1.20 bits per heavy atom. The van der Waals surface area contributed by atoms with Gasteiger partial charge in [0.15, 0.2) is 0 Å². The molecule has 0 radical (unpaired) electrons. The summed E-state index contributed by atoms with van der Waals surface area (Å²) in [7, 11) is 0. The van der Waals surface area contributed by atoms with Gasteiger partial charge in [-0.25, -0.2) is 0 Å². The van der Waals surface area contributed by atoms with Gasteiger partial charge in [0, 0.05) is 57.7 Å². The maximum Gasteiger partial charge on any atom is 0.225 e. The Morgan fingerprint density at radius 3 is 2.68 bits per heavy atom. The average Bonchev–Trinajstić information content (AvgIpc) is 3.05. The highest BCUT2D eigenvalue weighted by molar-refractivity contribution is 5.79.